The van der Waals surface area contributed by atoms with Crippen molar-refractivity contribution in [2.24, 2.45) is 23.2 Å². The number of carbonyl (C=O) groups is 1. The third-order valence-corrected chi connectivity index (χ3v) is 8.15. The molecule has 5 rings (SSSR count). The Morgan fingerprint density at radius 3 is 2.77 bits per heavy atom. The van der Waals surface area contributed by atoms with E-state index in [9.17, 15) is 4.79 Å². The summed E-state index contributed by atoms with van der Waals surface area (Å²) in [4.78, 5) is 15.4. The molecule has 31 heavy (non-hydrogen) atoms. The smallest absolute Gasteiger partial charge is 0.343 e. The van der Waals surface area contributed by atoms with Crippen molar-refractivity contribution in [3.63, 3.8) is 0 Å². The van der Waals surface area contributed by atoms with Gasteiger partial charge in [-0.1, -0.05) is 31.2 Å². The van der Waals surface area contributed by atoms with Gasteiger partial charge in [-0.15, -0.1) is 0 Å². The molecule has 2 aliphatic heterocycles. The lowest BCUT2D eigenvalue weighted by molar-refractivity contribution is -0.102. The van der Waals surface area contributed by atoms with Crippen molar-refractivity contribution in [1.82, 2.24) is 4.90 Å². The number of allylic oxidation sites excluding steroid dienone is 4. The summed E-state index contributed by atoms with van der Waals surface area (Å²) in [5.41, 5.74) is 0.423. The third kappa shape index (κ3) is 2.89. The van der Waals surface area contributed by atoms with Crippen LogP contribution in [-0.4, -0.2) is 43.7 Å². The lowest BCUT2D eigenvalue weighted by Crippen LogP contribution is -2.62. The van der Waals surface area contributed by atoms with Crippen molar-refractivity contribution < 1.29 is 19.0 Å². The number of benzene rings is 1. The van der Waals surface area contributed by atoms with E-state index in [1.807, 2.05) is 31.2 Å². The molecular weight excluding hydrogens is 390 g/mol. The van der Waals surface area contributed by atoms with Gasteiger partial charge in [0.1, 0.15) is 11.5 Å². The van der Waals surface area contributed by atoms with E-state index in [0.717, 1.165) is 30.9 Å². The monoisotopic (exact) mass is 421 g/mol. The molecule has 0 radical (unpaired) electrons. The van der Waals surface area contributed by atoms with Crippen LogP contribution in [-0.2, 0) is 14.2 Å². The van der Waals surface area contributed by atoms with E-state index in [4.69, 9.17) is 14.2 Å². The van der Waals surface area contributed by atoms with Gasteiger partial charge in [0.05, 0.1) is 12.7 Å². The minimum Gasteiger partial charge on any atom is -0.493 e. The zero-order valence-corrected chi connectivity index (χ0v) is 18.7. The minimum absolute atomic E-state index is 0.122. The van der Waals surface area contributed by atoms with Gasteiger partial charge in [0.15, 0.2) is 11.9 Å². The van der Waals surface area contributed by atoms with Crippen LogP contribution in [0.3, 0.4) is 0 Å². The highest BCUT2D eigenvalue weighted by Crippen LogP contribution is 2.66. The Kier molecular flexibility index (Phi) is 4.97. The summed E-state index contributed by atoms with van der Waals surface area (Å²) in [5, 5.41) is 0. The van der Waals surface area contributed by atoms with Crippen LogP contribution in [0.15, 0.2) is 65.8 Å². The molecule has 6 atom stereocenters. The fourth-order valence-electron chi connectivity index (χ4n) is 6.61. The number of piperidine rings is 1. The number of carbonyl (C=O) groups excluding carboxylic acids is 1. The summed E-state index contributed by atoms with van der Waals surface area (Å²) in [6, 6.07) is 9.64. The lowest BCUT2D eigenvalue weighted by Gasteiger charge is -2.58. The zero-order chi connectivity index (χ0) is 21.8. The highest BCUT2D eigenvalue weighted by Gasteiger charge is 2.67. The summed E-state index contributed by atoms with van der Waals surface area (Å²) in [5.74, 6) is 3.08. The fraction of sp³-hybridized carbons (Fsp3) is 0.500. The number of esters is 1. The Morgan fingerprint density at radius 1 is 1.29 bits per heavy atom. The molecule has 1 spiro atoms. The minimum atomic E-state index is -0.341. The van der Waals surface area contributed by atoms with Crippen LogP contribution < -0.4 is 0 Å². The predicted molar refractivity (Wildman–Crippen MR) is 118 cm³/mol. The number of fused-ring (bicyclic) bond motifs is 1. The van der Waals surface area contributed by atoms with Crippen LogP contribution >= 0.6 is 0 Å². The molecule has 4 aliphatic rings. The van der Waals surface area contributed by atoms with Crippen LogP contribution in [0.25, 0.3) is 0 Å². The van der Waals surface area contributed by atoms with Crippen LogP contribution in [0.5, 0.6) is 0 Å². The van der Waals surface area contributed by atoms with Gasteiger partial charge in [-0.3, -0.25) is 0 Å². The van der Waals surface area contributed by atoms with Crippen molar-refractivity contribution in [2.45, 2.75) is 38.8 Å². The number of hydrogen-bond acceptors (Lipinski definition) is 5. The molecule has 5 nitrogen and oxygen atoms in total. The first kappa shape index (κ1) is 20.4. The summed E-state index contributed by atoms with van der Waals surface area (Å²) in [6.45, 7) is 5.30. The van der Waals surface area contributed by atoms with Crippen LogP contribution in [0, 0.1) is 23.2 Å². The molecule has 2 heterocycles. The maximum Gasteiger partial charge on any atom is 0.343 e. The van der Waals surface area contributed by atoms with Gasteiger partial charge in [0.25, 0.3) is 0 Å². The fourth-order valence-corrected chi connectivity index (χ4v) is 6.61. The van der Waals surface area contributed by atoms with Crippen LogP contribution in [0.2, 0.25) is 0 Å². The average molecular weight is 422 g/mol. The first-order valence-corrected chi connectivity index (χ1v) is 11.3. The molecule has 1 saturated carbocycles. The van der Waals surface area contributed by atoms with Gasteiger partial charge in [-0.2, -0.15) is 0 Å². The maximum atomic E-state index is 12.9. The normalized spacial score (nSPS) is 36.6. The first-order chi connectivity index (χ1) is 15.0. The Balaban J connectivity index is 1.56. The number of hydrogen-bond donors (Lipinski definition) is 0. The zero-order valence-electron chi connectivity index (χ0n) is 18.7. The van der Waals surface area contributed by atoms with Crippen molar-refractivity contribution in [3.05, 3.63) is 71.4 Å². The van der Waals surface area contributed by atoms with E-state index in [2.05, 4.69) is 31.0 Å². The van der Waals surface area contributed by atoms with Crippen molar-refractivity contribution in [3.8, 4) is 0 Å². The van der Waals surface area contributed by atoms with E-state index in [-0.39, 0.29) is 23.4 Å². The quantitative estimate of drug-likeness (QED) is 0.528. The Labute approximate surface area is 184 Å². The second-order valence-electron chi connectivity index (χ2n) is 9.31. The molecule has 2 saturated heterocycles. The highest BCUT2D eigenvalue weighted by atomic mass is 16.6. The lowest BCUT2D eigenvalue weighted by atomic mass is 9.50. The molecule has 0 amide bonds. The topological polar surface area (TPSA) is 48.0 Å². The highest BCUT2D eigenvalue weighted by molar-refractivity contribution is 5.90. The van der Waals surface area contributed by atoms with E-state index in [1.165, 1.54) is 0 Å². The van der Waals surface area contributed by atoms with Gasteiger partial charge in [0, 0.05) is 17.4 Å². The molecule has 2 bridgehead atoms. The molecule has 0 aromatic heterocycles. The number of ether oxygens (including phenoxy) is 3. The van der Waals surface area contributed by atoms with Gasteiger partial charge in [0.2, 0.25) is 0 Å². The molecule has 2 unspecified atom stereocenters. The summed E-state index contributed by atoms with van der Waals surface area (Å²) in [6.07, 6.45) is 8.08. The van der Waals surface area contributed by atoms with E-state index in [1.54, 1.807) is 19.2 Å². The summed E-state index contributed by atoms with van der Waals surface area (Å²) >= 11 is 0. The number of methoxy groups -OCH3 is 1. The van der Waals surface area contributed by atoms with Gasteiger partial charge >= 0.3 is 5.97 Å². The Hall–Kier alpha value is -2.53. The second kappa shape index (κ2) is 7.56. The molecule has 5 heteroatoms. The standard InChI is InChI=1S/C26H31NO4/c1-5-20(30-25(28)17-9-7-6-8-10-17)24-26-13-14-27(3)19(16(26)2)15-18-11-12-21(29-4)23(31-24)22(18)26/h5-12,16,18-19,22,24H,13-15H2,1-4H3/b20-5+/t16-,18?,19+,22?,24-,26-/m0/s1. The molecule has 164 valence electrons. The summed E-state index contributed by atoms with van der Waals surface area (Å²) in [7, 11) is 3.93. The van der Waals surface area contributed by atoms with E-state index >= 15 is 0 Å². The summed E-state index contributed by atoms with van der Waals surface area (Å²) < 4.78 is 18.4. The third-order valence-electron chi connectivity index (χ3n) is 8.15. The van der Waals surface area contributed by atoms with E-state index in [0.29, 0.717) is 29.2 Å². The largest absolute Gasteiger partial charge is 0.493 e. The van der Waals surface area contributed by atoms with E-state index < -0.39 is 0 Å². The molecule has 1 aromatic carbocycles. The van der Waals surface area contributed by atoms with Crippen molar-refractivity contribution in [1.29, 1.82) is 0 Å². The van der Waals surface area contributed by atoms with Crippen molar-refractivity contribution >= 4 is 5.97 Å². The molecule has 3 fully saturated rings. The predicted octanol–water partition coefficient (Wildman–Crippen LogP) is 4.54. The Morgan fingerprint density at radius 2 is 2.06 bits per heavy atom. The second-order valence-corrected chi connectivity index (χ2v) is 9.31. The maximum absolute atomic E-state index is 12.9. The molecular formula is C26H31NO4. The number of nitrogens with zero attached hydrogens (tertiary/aromatic N) is 1. The first-order valence-electron chi connectivity index (χ1n) is 11.3. The van der Waals surface area contributed by atoms with Crippen molar-refractivity contribution in [2.75, 3.05) is 20.7 Å². The molecule has 1 aromatic rings. The molecule has 2 aliphatic carbocycles. The molecule has 0 N–H and O–H groups in total. The van der Waals surface area contributed by atoms with Crippen LogP contribution in [0.4, 0.5) is 0 Å². The number of rotatable bonds is 4. The SMILES string of the molecule is C/C=C(/OC(=O)c1ccccc1)[C@@H]1OC2=C(OC)C=CC3C[C@@H]4[C@H](C)[C@@]1(CCN4C)C23. The number of likely N-dealkylation sites (tertiary alicyclic amines) is 1. The van der Waals surface area contributed by atoms with Crippen LogP contribution in [0.1, 0.15) is 37.0 Å². The van der Waals surface area contributed by atoms with Gasteiger partial charge < -0.3 is 19.1 Å². The average Bonchev–Trinajstić information content (AvgIpc) is 3.14. The van der Waals surface area contributed by atoms with Gasteiger partial charge in [-0.25, -0.2) is 4.79 Å². The van der Waals surface area contributed by atoms with Gasteiger partial charge in [-0.05, 0) is 69.5 Å². The Bertz CT molecular complexity index is 965.